The maximum absolute atomic E-state index is 11.2. The standard InChI is InChI=1S/C26H28N6O2/c27-21-7-6-12-4-5-13(8-18(12)31-21)15-9-16(15)17-10-20(24(34)23(17)33)32-19-3-1-2-14(19)22-25(28)29-11-30-26(22)32/h4-8,11,15-17,20,23-24,33-34H,1-3,9-10H2,(H2,27,31)(H2,28,29,30)/t15?,16-,17-,20-,23+,24-/m1/s1. The second-order valence-electron chi connectivity index (χ2n) is 10.2. The van der Waals surface area contributed by atoms with Crippen LogP contribution >= 0.6 is 0 Å². The fraction of sp³-hybridized carbons (Fsp3) is 0.423. The van der Waals surface area contributed by atoms with Gasteiger partial charge in [-0.1, -0.05) is 12.1 Å². The monoisotopic (exact) mass is 456 g/mol. The fourth-order valence-electron chi connectivity index (χ4n) is 6.79. The van der Waals surface area contributed by atoms with E-state index in [0.29, 0.717) is 23.5 Å². The van der Waals surface area contributed by atoms with Crippen LogP contribution in [0.4, 0.5) is 11.6 Å². The van der Waals surface area contributed by atoms with Crippen molar-refractivity contribution in [3.8, 4) is 0 Å². The van der Waals surface area contributed by atoms with Crippen LogP contribution in [0.5, 0.6) is 0 Å². The quantitative estimate of drug-likeness (QED) is 0.372. The van der Waals surface area contributed by atoms with Gasteiger partial charge in [0, 0.05) is 11.1 Å². The molecule has 6 N–H and O–H groups in total. The van der Waals surface area contributed by atoms with Crippen molar-refractivity contribution in [2.24, 2.45) is 11.8 Å². The van der Waals surface area contributed by atoms with Crippen molar-refractivity contribution >= 4 is 33.6 Å². The zero-order valence-corrected chi connectivity index (χ0v) is 18.8. The summed E-state index contributed by atoms with van der Waals surface area (Å²) >= 11 is 0. The molecule has 4 aromatic rings. The molecule has 3 heterocycles. The maximum Gasteiger partial charge on any atom is 0.146 e. The predicted octanol–water partition coefficient (Wildman–Crippen LogP) is 2.72. The molecule has 2 saturated carbocycles. The fourth-order valence-corrected chi connectivity index (χ4v) is 6.79. The molecule has 3 aliphatic carbocycles. The van der Waals surface area contributed by atoms with Crippen molar-refractivity contribution in [3.63, 3.8) is 0 Å². The van der Waals surface area contributed by atoms with Crippen LogP contribution in [0.25, 0.3) is 21.9 Å². The summed E-state index contributed by atoms with van der Waals surface area (Å²) in [6.07, 6.45) is 4.59. The van der Waals surface area contributed by atoms with Gasteiger partial charge in [0.2, 0.25) is 0 Å². The smallest absolute Gasteiger partial charge is 0.146 e. The molecule has 1 aromatic carbocycles. The van der Waals surface area contributed by atoms with E-state index >= 15 is 0 Å². The molecule has 0 spiro atoms. The highest BCUT2D eigenvalue weighted by atomic mass is 16.3. The number of hydrogen-bond donors (Lipinski definition) is 4. The van der Waals surface area contributed by atoms with E-state index in [1.165, 1.54) is 23.1 Å². The van der Waals surface area contributed by atoms with Crippen LogP contribution in [0.1, 0.15) is 48.0 Å². The number of aliphatic hydroxyl groups excluding tert-OH is 2. The summed E-state index contributed by atoms with van der Waals surface area (Å²) in [7, 11) is 0. The molecule has 0 radical (unpaired) electrons. The molecule has 7 rings (SSSR count). The van der Waals surface area contributed by atoms with E-state index in [-0.39, 0.29) is 12.0 Å². The average molecular weight is 457 g/mol. The van der Waals surface area contributed by atoms with Crippen LogP contribution in [0.3, 0.4) is 0 Å². The molecule has 3 aromatic heterocycles. The van der Waals surface area contributed by atoms with E-state index in [0.717, 1.165) is 54.0 Å². The Hall–Kier alpha value is -3.23. The number of nitrogen functional groups attached to an aromatic ring is 2. The Morgan fingerprint density at radius 3 is 2.68 bits per heavy atom. The van der Waals surface area contributed by atoms with Gasteiger partial charge in [-0.3, -0.25) is 0 Å². The molecule has 6 atom stereocenters. The molecular formula is C26H28N6O2. The van der Waals surface area contributed by atoms with E-state index in [2.05, 4.69) is 37.7 Å². The summed E-state index contributed by atoms with van der Waals surface area (Å²) in [5.74, 6) is 1.75. The zero-order valence-electron chi connectivity index (χ0n) is 18.8. The summed E-state index contributed by atoms with van der Waals surface area (Å²) in [6, 6.07) is 9.97. The van der Waals surface area contributed by atoms with Crippen molar-refractivity contribution in [1.29, 1.82) is 0 Å². The maximum atomic E-state index is 11.2. The molecule has 0 aliphatic heterocycles. The van der Waals surface area contributed by atoms with Gasteiger partial charge in [-0.2, -0.15) is 0 Å². The number of benzene rings is 1. The molecule has 1 unspecified atom stereocenters. The first-order chi connectivity index (χ1) is 16.5. The van der Waals surface area contributed by atoms with Gasteiger partial charge in [-0.15, -0.1) is 0 Å². The van der Waals surface area contributed by atoms with E-state index in [4.69, 9.17) is 11.5 Å². The van der Waals surface area contributed by atoms with Crippen LogP contribution in [0, 0.1) is 11.8 Å². The highest BCUT2D eigenvalue weighted by molar-refractivity contribution is 5.91. The number of aliphatic hydroxyl groups is 2. The molecule has 34 heavy (non-hydrogen) atoms. The van der Waals surface area contributed by atoms with Gasteiger partial charge >= 0.3 is 0 Å². The molecule has 3 aliphatic rings. The van der Waals surface area contributed by atoms with Crippen molar-refractivity contribution in [1.82, 2.24) is 19.5 Å². The summed E-state index contributed by atoms with van der Waals surface area (Å²) in [5, 5.41) is 24.3. The minimum Gasteiger partial charge on any atom is -0.390 e. The second-order valence-corrected chi connectivity index (χ2v) is 10.2. The largest absolute Gasteiger partial charge is 0.390 e. The summed E-state index contributed by atoms with van der Waals surface area (Å²) in [4.78, 5) is 13.2. The molecule has 8 nitrogen and oxygen atoms in total. The van der Waals surface area contributed by atoms with Crippen LogP contribution in [0.2, 0.25) is 0 Å². The number of hydrogen-bond acceptors (Lipinski definition) is 7. The van der Waals surface area contributed by atoms with Crippen molar-refractivity contribution < 1.29 is 10.2 Å². The van der Waals surface area contributed by atoms with Gasteiger partial charge in [0.25, 0.3) is 0 Å². The lowest BCUT2D eigenvalue weighted by atomic mass is 9.95. The molecule has 174 valence electrons. The molecular weight excluding hydrogens is 428 g/mol. The van der Waals surface area contributed by atoms with Crippen molar-refractivity contribution in [2.45, 2.75) is 56.3 Å². The van der Waals surface area contributed by atoms with Gasteiger partial charge in [-0.05, 0) is 79.2 Å². The highest BCUT2D eigenvalue weighted by Gasteiger charge is 2.54. The number of nitrogens with zero attached hydrogens (tertiary/aromatic N) is 4. The van der Waals surface area contributed by atoms with Crippen molar-refractivity contribution in [3.05, 3.63) is 53.5 Å². The van der Waals surface area contributed by atoms with Gasteiger partial charge < -0.3 is 26.2 Å². The van der Waals surface area contributed by atoms with Gasteiger partial charge in [0.05, 0.1) is 23.0 Å². The van der Waals surface area contributed by atoms with Crippen molar-refractivity contribution in [2.75, 3.05) is 11.5 Å². The highest BCUT2D eigenvalue weighted by Crippen LogP contribution is 2.58. The Morgan fingerprint density at radius 2 is 1.79 bits per heavy atom. The number of rotatable bonds is 3. The topological polar surface area (TPSA) is 136 Å². The lowest BCUT2D eigenvalue weighted by Gasteiger charge is -2.21. The Morgan fingerprint density at radius 1 is 0.941 bits per heavy atom. The van der Waals surface area contributed by atoms with Crippen LogP contribution in [0.15, 0.2) is 36.7 Å². The number of anilines is 2. The number of pyridine rings is 1. The van der Waals surface area contributed by atoms with Gasteiger partial charge in [0.15, 0.2) is 0 Å². The number of fused-ring (bicyclic) bond motifs is 4. The Kier molecular flexibility index (Phi) is 4.23. The summed E-state index contributed by atoms with van der Waals surface area (Å²) < 4.78 is 2.17. The van der Waals surface area contributed by atoms with E-state index in [9.17, 15) is 10.2 Å². The first kappa shape index (κ1) is 20.2. The Labute approximate surface area is 196 Å². The Bertz CT molecular complexity index is 1450. The third-order valence-corrected chi connectivity index (χ3v) is 8.45. The lowest BCUT2D eigenvalue weighted by Crippen LogP contribution is -2.30. The lowest BCUT2D eigenvalue weighted by molar-refractivity contribution is 0.00235. The zero-order chi connectivity index (χ0) is 23.1. The SMILES string of the molecule is Nc1ccc2ccc(C3C[C@H]3[C@H]3C[C@@H](n4c5c(c6c(N)ncnc64)CCC5)[C@@H](O)[C@H]3O)cc2n1. The van der Waals surface area contributed by atoms with E-state index < -0.39 is 12.2 Å². The first-order valence-electron chi connectivity index (χ1n) is 12.2. The minimum atomic E-state index is -0.833. The van der Waals surface area contributed by atoms with E-state index in [1.54, 1.807) is 0 Å². The van der Waals surface area contributed by atoms with Gasteiger partial charge in [0.1, 0.15) is 29.7 Å². The molecule has 0 bridgehead atoms. The minimum absolute atomic E-state index is 0.0307. The summed E-state index contributed by atoms with van der Waals surface area (Å²) in [6.45, 7) is 0. The number of aryl methyl sites for hydroxylation is 1. The third kappa shape index (κ3) is 2.82. The average Bonchev–Trinajstić information content (AvgIpc) is 3.23. The molecule has 0 saturated heterocycles. The van der Waals surface area contributed by atoms with Crippen LogP contribution in [-0.4, -0.2) is 41.9 Å². The van der Waals surface area contributed by atoms with Gasteiger partial charge in [-0.25, -0.2) is 15.0 Å². The predicted molar refractivity (Wildman–Crippen MR) is 130 cm³/mol. The first-order valence-corrected chi connectivity index (χ1v) is 12.2. The Balaban J connectivity index is 1.21. The third-order valence-electron chi connectivity index (χ3n) is 8.45. The van der Waals surface area contributed by atoms with Crippen LogP contribution in [-0.2, 0) is 12.8 Å². The second kappa shape index (κ2) is 7.13. The molecule has 8 heteroatoms. The van der Waals surface area contributed by atoms with Crippen LogP contribution < -0.4 is 11.5 Å². The summed E-state index contributed by atoms with van der Waals surface area (Å²) in [5.41, 5.74) is 17.5. The van der Waals surface area contributed by atoms with E-state index in [1.807, 2.05) is 12.1 Å². The normalized spacial score (nSPS) is 30.3. The molecule has 0 amide bonds. The molecule has 2 fully saturated rings. The number of nitrogens with two attached hydrogens (primary N) is 2. The number of aromatic nitrogens is 4.